The molecule has 1 fully saturated rings. The van der Waals surface area contributed by atoms with Gasteiger partial charge in [-0.1, -0.05) is 0 Å². The number of nitrogens with zero attached hydrogens (tertiary/aromatic N) is 1. The lowest BCUT2D eigenvalue weighted by Gasteiger charge is -2.30. The molecule has 0 spiro atoms. The zero-order chi connectivity index (χ0) is 14.5. The highest BCUT2D eigenvalue weighted by atomic mass is 31.2. The van der Waals surface area contributed by atoms with Gasteiger partial charge < -0.3 is 18.8 Å². The highest BCUT2D eigenvalue weighted by Gasteiger charge is 2.48. The van der Waals surface area contributed by atoms with Crippen LogP contribution in [0.1, 0.15) is 26.7 Å². The van der Waals surface area contributed by atoms with Crippen molar-refractivity contribution in [3.05, 3.63) is 0 Å². The minimum absolute atomic E-state index is 0.0510. The number of nitrogens with one attached hydrogen (secondary N) is 1. The van der Waals surface area contributed by atoms with E-state index in [1.165, 1.54) is 0 Å². The number of hydrogen-bond donors (Lipinski definition) is 3. The Kier molecular flexibility index (Phi) is 6.63. The first kappa shape index (κ1) is 17.3. The quantitative estimate of drug-likeness (QED) is 0.575. The van der Waals surface area contributed by atoms with Gasteiger partial charge in [0, 0.05) is 13.1 Å². The minimum Gasteiger partial charge on any atom is -0.323 e. The fourth-order valence-electron chi connectivity index (χ4n) is 1.88. The summed E-state index contributed by atoms with van der Waals surface area (Å²) in [4.78, 5) is 18.8. The second kappa shape index (κ2) is 7.29. The molecule has 8 nitrogen and oxygen atoms in total. The molecular weight excluding hydrogens is 294 g/mol. The highest BCUT2D eigenvalue weighted by molar-refractivity contribution is 7.71. The van der Waals surface area contributed by atoms with Gasteiger partial charge in [-0.3, -0.25) is 9.13 Å². The number of rotatable bonds is 8. The molecule has 1 unspecified atom stereocenters. The van der Waals surface area contributed by atoms with E-state index < -0.39 is 20.7 Å². The van der Waals surface area contributed by atoms with Gasteiger partial charge in [0.25, 0.3) is 0 Å². The fourth-order valence-corrected chi connectivity index (χ4v) is 5.45. The Hall–Kier alpha value is 0.220. The van der Waals surface area contributed by atoms with Crippen LogP contribution in [0.2, 0.25) is 0 Å². The van der Waals surface area contributed by atoms with Crippen LogP contribution in [0.25, 0.3) is 0 Å². The molecule has 0 aliphatic carbocycles. The van der Waals surface area contributed by atoms with Crippen molar-refractivity contribution in [1.82, 2.24) is 10.4 Å². The molecule has 1 rings (SSSR count). The second-order valence-corrected chi connectivity index (χ2v) is 8.38. The smallest absolute Gasteiger partial charge is 0.323 e. The molecule has 0 radical (unpaired) electrons. The third-order valence-electron chi connectivity index (χ3n) is 2.64. The summed E-state index contributed by atoms with van der Waals surface area (Å²) in [6.07, 6.45) is 1.85. The molecule has 0 aromatic heterocycles. The third-order valence-corrected chi connectivity index (χ3v) is 7.09. The summed E-state index contributed by atoms with van der Waals surface area (Å²) in [5.74, 6) is 0. The van der Waals surface area contributed by atoms with Gasteiger partial charge in [-0.05, 0) is 26.7 Å². The summed E-state index contributed by atoms with van der Waals surface area (Å²) in [5.41, 5.74) is 0.969. The molecule has 0 bridgehead atoms. The SMILES string of the molecule is CCOP(=O)(OCC)C(NN1CCCC1)P(=O)(O)O. The van der Waals surface area contributed by atoms with Crippen LogP contribution in [-0.2, 0) is 18.2 Å². The van der Waals surface area contributed by atoms with Gasteiger partial charge in [0.15, 0.2) is 0 Å². The molecule has 0 amide bonds. The van der Waals surface area contributed by atoms with Crippen LogP contribution in [-0.4, -0.2) is 46.6 Å². The van der Waals surface area contributed by atoms with Crippen LogP contribution < -0.4 is 5.43 Å². The zero-order valence-electron chi connectivity index (χ0n) is 11.2. The van der Waals surface area contributed by atoms with Gasteiger partial charge >= 0.3 is 15.2 Å². The van der Waals surface area contributed by atoms with Gasteiger partial charge in [0.05, 0.1) is 13.2 Å². The van der Waals surface area contributed by atoms with Crippen LogP contribution in [0, 0.1) is 0 Å². The summed E-state index contributed by atoms with van der Waals surface area (Å²) in [6.45, 7) is 4.59. The summed E-state index contributed by atoms with van der Waals surface area (Å²) in [7, 11) is -8.59. The van der Waals surface area contributed by atoms with Gasteiger partial charge in [0.2, 0.25) is 5.52 Å². The monoisotopic (exact) mass is 316 g/mol. The summed E-state index contributed by atoms with van der Waals surface area (Å²) < 4.78 is 34.2. The molecule has 1 aliphatic heterocycles. The minimum atomic E-state index is -4.68. The van der Waals surface area contributed by atoms with Crippen molar-refractivity contribution < 1.29 is 28.0 Å². The largest absolute Gasteiger partial charge is 0.361 e. The molecule has 1 heterocycles. The summed E-state index contributed by atoms with van der Waals surface area (Å²) in [6, 6.07) is 0. The molecule has 0 aromatic carbocycles. The molecule has 0 aromatic rings. The predicted octanol–water partition coefficient (Wildman–Crippen LogP) is 1.31. The van der Waals surface area contributed by atoms with Gasteiger partial charge in [-0.2, -0.15) is 0 Å². The van der Waals surface area contributed by atoms with E-state index >= 15 is 0 Å². The van der Waals surface area contributed by atoms with Crippen molar-refractivity contribution in [1.29, 1.82) is 0 Å². The first-order valence-corrected chi connectivity index (χ1v) is 9.58. The molecule has 0 saturated carbocycles. The molecule has 10 heteroatoms. The Morgan fingerprint density at radius 1 is 1.16 bits per heavy atom. The topological polar surface area (TPSA) is 108 Å². The van der Waals surface area contributed by atoms with E-state index in [2.05, 4.69) is 5.43 Å². The molecule has 19 heavy (non-hydrogen) atoms. The van der Waals surface area contributed by atoms with E-state index in [4.69, 9.17) is 9.05 Å². The van der Waals surface area contributed by atoms with Gasteiger partial charge in [0.1, 0.15) is 0 Å². The van der Waals surface area contributed by atoms with Gasteiger partial charge in [-0.15, -0.1) is 0 Å². The van der Waals surface area contributed by atoms with Crippen molar-refractivity contribution in [3.63, 3.8) is 0 Å². The normalized spacial score (nSPS) is 19.8. The first-order valence-electron chi connectivity index (χ1n) is 6.28. The Morgan fingerprint density at radius 3 is 2.00 bits per heavy atom. The van der Waals surface area contributed by atoms with E-state index in [0.29, 0.717) is 13.1 Å². The molecule has 1 saturated heterocycles. The third kappa shape index (κ3) is 4.92. The fraction of sp³-hybridized carbons (Fsp3) is 1.00. The van der Waals surface area contributed by atoms with E-state index in [1.54, 1.807) is 18.9 Å². The van der Waals surface area contributed by atoms with Crippen LogP contribution in [0.15, 0.2) is 0 Å². The van der Waals surface area contributed by atoms with E-state index in [0.717, 1.165) is 12.8 Å². The maximum atomic E-state index is 12.5. The molecular formula is C9H22N2O6P2. The number of hydrazine groups is 1. The Balaban J connectivity index is 2.92. The molecule has 1 atom stereocenters. The number of hydrogen-bond acceptors (Lipinski definition) is 6. The van der Waals surface area contributed by atoms with Crippen LogP contribution in [0.4, 0.5) is 0 Å². The Bertz CT molecular complexity index is 358. The average Bonchev–Trinajstić information content (AvgIpc) is 2.77. The van der Waals surface area contributed by atoms with Crippen molar-refractivity contribution >= 4 is 15.2 Å². The second-order valence-electron chi connectivity index (χ2n) is 4.16. The van der Waals surface area contributed by atoms with Crippen LogP contribution in [0.3, 0.4) is 0 Å². The zero-order valence-corrected chi connectivity index (χ0v) is 13.0. The predicted molar refractivity (Wildman–Crippen MR) is 70.6 cm³/mol. The van der Waals surface area contributed by atoms with Crippen molar-refractivity contribution in [3.8, 4) is 0 Å². The van der Waals surface area contributed by atoms with E-state index in [9.17, 15) is 18.9 Å². The van der Waals surface area contributed by atoms with E-state index in [1.807, 2.05) is 0 Å². The Labute approximate surface area is 113 Å². The average molecular weight is 316 g/mol. The maximum absolute atomic E-state index is 12.5. The van der Waals surface area contributed by atoms with E-state index in [-0.39, 0.29) is 13.2 Å². The van der Waals surface area contributed by atoms with Crippen molar-refractivity contribution in [2.45, 2.75) is 32.2 Å². The first-order chi connectivity index (χ1) is 8.83. The van der Waals surface area contributed by atoms with Crippen LogP contribution >= 0.6 is 15.2 Å². The molecule has 3 N–H and O–H groups in total. The molecule has 114 valence electrons. The van der Waals surface area contributed by atoms with Gasteiger partial charge in [-0.25, -0.2) is 10.4 Å². The summed E-state index contributed by atoms with van der Waals surface area (Å²) >= 11 is 0. The maximum Gasteiger partial charge on any atom is 0.361 e. The lowest BCUT2D eigenvalue weighted by atomic mass is 10.4. The molecule has 1 aliphatic rings. The van der Waals surface area contributed by atoms with Crippen LogP contribution in [0.5, 0.6) is 0 Å². The summed E-state index contributed by atoms with van der Waals surface area (Å²) in [5, 5.41) is 1.65. The lowest BCUT2D eigenvalue weighted by molar-refractivity contribution is 0.178. The van der Waals surface area contributed by atoms with Crippen molar-refractivity contribution in [2.24, 2.45) is 0 Å². The lowest BCUT2D eigenvalue weighted by Crippen LogP contribution is -2.43. The highest BCUT2D eigenvalue weighted by Crippen LogP contribution is 2.64. The Morgan fingerprint density at radius 2 is 1.63 bits per heavy atom. The van der Waals surface area contributed by atoms with Crippen molar-refractivity contribution in [2.75, 3.05) is 26.3 Å². The standard InChI is InChI=1S/C9H22N2O6P2/c1-3-16-19(15,17-4-2)9(18(12,13)14)10-11-7-5-6-8-11/h9-10H,3-8H2,1-2H3,(H2,12,13,14).